The monoisotopic (exact) mass is 302 g/mol. The van der Waals surface area contributed by atoms with E-state index in [1.165, 1.54) is 0 Å². The summed E-state index contributed by atoms with van der Waals surface area (Å²) in [5, 5.41) is 11.7. The lowest BCUT2D eigenvalue weighted by molar-refractivity contribution is -0.132. The maximum Gasteiger partial charge on any atom is 0.229 e. The summed E-state index contributed by atoms with van der Waals surface area (Å²) in [6, 6.07) is -0.0421. The molecule has 0 N–H and O–H groups in total. The highest BCUT2D eigenvalue weighted by molar-refractivity contribution is 5.76. The van der Waals surface area contributed by atoms with Crippen molar-refractivity contribution >= 4 is 5.91 Å². The minimum atomic E-state index is -0.0421. The molecule has 0 unspecified atom stereocenters. The van der Waals surface area contributed by atoms with Gasteiger partial charge in [-0.2, -0.15) is 4.98 Å². The van der Waals surface area contributed by atoms with E-state index in [0.717, 1.165) is 38.1 Å². The third-order valence-corrected chi connectivity index (χ3v) is 4.28. The summed E-state index contributed by atoms with van der Waals surface area (Å²) in [7, 11) is 0. The molecule has 2 aromatic rings. The second kappa shape index (κ2) is 5.51. The number of carbonyl (C=O) groups excluding carboxylic acids is 1. The van der Waals surface area contributed by atoms with Gasteiger partial charge in [-0.1, -0.05) is 10.4 Å². The van der Waals surface area contributed by atoms with Crippen LogP contribution in [0.5, 0.6) is 0 Å². The Balaban J connectivity index is 1.42. The molecule has 116 valence electrons. The molecule has 1 saturated carbocycles. The molecule has 0 bridgehead atoms. The first kappa shape index (κ1) is 13.4. The quantitative estimate of drug-likeness (QED) is 0.826. The van der Waals surface area contributed by atoms with E-state index in [1.54, 1.807) is 17.1 Å². The van der Waals surface area contributed by atoms with Crippen molar-refractivity contribution in [3.63, 3.8) is 0 Å². The van der Waals surface area contributed by atoms with Gasteiger partial charge in [-0.05, 0) is 25.7 Å². The van der Waals surface area contributed by atoms with Gasteiger partial charge in [0.05, 0.1) is 18.8 Å². The first-order valence-electron chi connectivity index (χ1n) is 7.78. The fraction of sp³-hybridized carbons (Fsp3) is 0.643. The van der Waals surface area contributed by atoms with Crippen molar-refractivity contribution in [3.8, 4) is 0 Å². The van der Waals surface area contributed by atoms with Gasteiger partial charge in [0.2, 0.25) is 11.8 Å². The first-order valence-corrected chi connectivity index (χ1v) is 7.78. The van der Waals surface area contributed by atoms with E-state index in [-0.39, 0.29) is 11.9 Å². The second-order valence-corrected chi connectivity index (χ2v) is 5.93. The number of hydrogen-bond acceptors (Lipinski definition) is 6. The number of amides is 1. The predicted molar refractivity (Wildman–Crippen MR) is 74.6 cm³/mol. The Morgan fingerprint density at radius 2 is 2.27 bits per heavy atom. The molecule has 8 heteroatoms. The highest BCUT2D eigenvalue weighted by Crippen LogP contribution is 2.40. The lowest BCUT2D eigenvalue weighted by Gasteiger charge is -2.22. The maximum atomic E-state index is 12.5. The van der Waals surface area contributed by atoms with Gasteiger partial charge in [-0.15, -0.1) is 5.10 Å². The molecule has 8 nitrogen and oxygen atoms in total. The lowest BCUT2D eigenvalue weighted by Crippen LogP contribution is -2.31. The van der Waals surface area contributed by atoms with E-state index in [2.05, 4.69) is 20.5 Å². The van der Waals surface area contributed by atoms with Crippen molar-refractivity contribution in [1.82, 2.24) is 30.0 Å². The summed E-state index contributed by atoms with van der Waals surface area (Å²) in [5.41, 5.74) is 0. The van der Waals surface area contributed by atoms with E-state index in [9.17, 15) is 4.79 Å². The van der Waals surface area contributed by atoms with Crippen LogP contribution in [-0.4, -0.2) is 42.5 Å². The van der Waals surface area contributed by atoms with E-state index < -0.39 is 0 Å². The fourth-order valence-corrected chi connectivity index (χ4v) is 2.92. The summed E-state index contributed by atoms with van der Waals surface area (Å²) in [4.78, 5) is 18.8. The smallest absolute Gasteiger partial charge is 0.229 e. The Morgan fingerprint density at radius 3 is 3.05 bits per heavy atom. The first-order chi connectivity index (χ1) is 10.8. The molecule has 0 aromatic carbocycles. The van der Waals surface area contributed by atoms with Gasteiger partial charge in [0.25, 0.3) is 0 Å². The molecule has 22 heavy (non-hydrogen) atoms. The third kappa shape index (κ3) is 2.60. The molecule has 2 fully saturated rings. The predicted octanol–water partition coefficient (Wildman–Crippen LogP) is 1.29. The number of hydrogen-bond donors (Lipinski definition) is 0. The van der Waals surface area contributed by atoms with E-state index in [1.807, 2.05) is 4.90 Å². The molecular weight excluding hydrogens is 284 g/mol. The largest absolute Gasteiger partial charge is 0.339 e. The number of rotatable bonds is 5. The molecule has 3 heterocycles. The second-order valence-electron chi connectivity index (χ2n) is 5.93. The van der Waals surface area contributed by atoms with Crippen LogP contribution in [0.25, 0.3) is 0 Å². The van der Waals surface area contributed by atoms with Crippen molar-refractivity contribution in [2.75, 3.05) is 6.54 Å². The SMILES string of the molecule is O=C(CCn1ccnn1)N1CCC[C@H]1c1noc(C2CC2)n1. The van der Waals surface area contributed by atoms with Crippen LogP contribution in [0.3, 0.4) is 0 Å². The standard InChI is InChI=1S/C14H18N6O2/c21-12(5-8-19-9-6-15-18-19)20-7-1-2-11(20)13-16-14(22-17-13)10-3-4-10/h6,9-11H,1-5,7-8H2/t11-/m0/s1. The topological polar surface area (TPSA) is 89.9 Å². The number of aryl methyl sites for hydroxylation is 1. The maximum absolute atomic E-state index is 12.5. The summed E-state index contributed by atoms with van der Waals surface area (Å²) >= 11 is 0. The summed E-state index contributed by atoms with van der Waals surface area (Å²) < 4.78 is 7.00. The minimum absolute atomic E-state index is 0.0421. The minimum Gasteiger partial charge on any atom is -0.339 e. The molecule has 0 spiro atoms. The number of nitrogens with zero attached hydrogens (tertiary/aromatic N) is 6. The Labute approximate surface area is 127 Å². The molecule has 0 radical (unpaired) electrons. The number of carbonyl (C=O) groups is 1. The number of likely N-dealkylation sites (tertiary alicyclic amines) is 1. The van der Waals surface area contributed by atoms with Crippen molar-refractivity contribution in [2.24, 2.45) is 0 Å². The van der Waals surface area contributed by atoms with Crippen LogP contribution < -0.4 is 0 Å². The van der Waals surface area contributed by atoms with Gasteiger partial charge in [-0.3, -0.25) is 9.48 Å². The van der Waals surface area contributed by atoms with Gasteiger partial charge in [0.15, 0.2) is 5.82 Å². The van der Waals surface area contributed by atoms with Crippen LogP contribution in [0.4, 0.5) is 0 Å². The normalized spacial score (nSPS) is 21.5. The zero-order valence-corrected chi connectivity index (χ0v) is 12.3. The Morgan fingerprint density at radius 1 is 1.36 bits per heavy atom. The zero-order valence-electron chi connectivity index (χ0n) is 12.3. The van der Waals surface area contributed by atoms with Crippen molar-refractivity contribution in [3.05, 3.63) is 24.1 Å². The van der Waals surface area contributed by atoms with Gasteiger partial charge >= 0.3 is 0 Å². The summed E-state index contributed by atoms with van der Waals surface area (Å²) in [5.74, 6) is 1.94. The molecule has 1 aliphatic carbocycles. The lowest BCUT2D eigenvalue weighted by atomic mass is 10.2. The van der Waals surface area contributed by atoms with E-state index in [4.69, 9.17) is 4.52 Å². The third-order valence-electron chi connectivity index (χ3n) is 4.28. The average molecular weight is 302 g/mol. The van der Waals surface area contributed by atoms with Crippen molar-refractivity contribution in [2.45, 2.75) is 50.6 Å². The summed E-state index contributed by atoms with van der Waals surface area (Å²) in [6.07, 6.45) is 7.93. The van der Waals surface area contributed by atoms with Crippen LogP contribution >= 0.6 is 0 Å². The molecule has 4 rings (SSSR count). The van der Waals surface area contributed by atoms with Crippen LogP contribution in [0, 0.1) is 0 Å². The summed E-state index contributed by atoms with van der Waals surface area (Å²) in [6.45, 7) is 1.30. The van der Waals surface area contributed by atoms with Gasteiger partial charge < -0.3 is 9.42 Å². The van der Waals surface area contributed by atoms with Gasteiger partial charge in [0.1, 0.15) is 0 Å². The molecular formula is C14H18N6O2. The van der Waals surface area contributed by atoms with Crippen LogP contribution in [0.2, 0.25) is 0 Å². The van der Waals surface area contributed by atoms with E-state index >= 15 is 0 Å². The van der Waals surface area contributed by atoms with Crippen molar-refractivity contribution in [1.29, 1.82) is 0 Å². The highest BCUT2D eigenvalue weighted by atomic mass is 16.5. The Bertz CT molecular complexity index is 648. The molecule has 1 saturated heterocycles. The molecule has 1 aliphatic heterocycles. The molecule has 1 amide bonds. The van der Waals surface area contributed by atoms with Gasteiger partial charge in [-0.25, -0.2) is 0 Å². The Kier molecular flexibility index (Phi) is 3.36. The van der Waals surface area contributed by atoms with Crippen LogP contribution in [0.15, 0.2) is 16.9 Å². The fourth-order valence-electron chi connectivity index (χ4n) is 2.92. The zero-order chi connectivity index (χ0) is 14.9. The van der Waals surface area contributed by atoms with Crippen molar-refractivity contribution < 1.29 is 9.32 Å². The average Bonchev–Trinajstić information content (AvgIpc) is 3.02. The number of aromatic nitrogens is 5. The molecule has 2 aromatic heterocycles. The van der Waals surface area contributed by atoms with Crippen LogP contribution in [-0.2, 0) is 11.3 Å². The van der Waals surface area contributed by atoms with Crippen LogP contribution in [0.1, 0.15) is 55.8 Å². The molecule has 2 aliphatic rings. The van der Waals surface area contributed by atoms with Gasteiger partial charge in [0, 0.05) is 25.1 Å². The Hall–Kier alpha value is -2.25. The highest BCUT2D eigenvalue weighted by Gasteiger charge is 2.35. The van der Waals surface area contributed by atoms with E-state index in [0.29, 0.717) is 24.7 Å². The molecule has 1 atom stereocenters.